The van der Waals surface area contributed by atoms with E-state index < -0.39 is 0 Å². The number of hydrogen-bond acceptors (Lipinski definition) is 1. The Kier molecular flexibility index (Phi) is 2.84. The van der Waals surface area contributed by atoms with E-state index in [9.17, 15) is 4.79 Å². The average Bonchev–Trinajstić information content (AvgIpc) is 2.02. The molecule has 0 aromatic heterocycles. The molecule has 1 rings (SSSR count). The quantitative estimate of drug-likeness (QED) is 0.515. The van der Waals surface area contributed by atoms with Crippen LogP contribution in [0.4, 0.5) is 0 Å². The molecule has 1 heteroatoms. The maximum atomic E-state index is 11.0. The van der Waals surface area contributed by atoms with Crippen molar-refractivity contribution in [2.75, 3.05) is 0 Å². The van der Waals surface area contributed by atoms with Crippen LogP contribution in [-0.4, -0.2) is 5.78 Å². The Labute approximate surface area is 67.1 Å². The number of allylic oxidation sites excluding steroid dienone is 6. The van der Waals surface area contributed by atoms with E-state index >= 15 is 0 Å². The minimum absolute atomic E-state index is 0.197. The van der Waals surface area contributed by atoms with Crippen LogP contribution < -0.4 is 0 Å². The lowest BCUT2D eigenvalue weighted by atomic mass is 10.1. The van der Waals surface area contributed by atoms with E-state index in [1.165, 1.54) is 0 Å². The molecule has 0 unspecified atom stereocenters. The van der Waals surface area contributed by atoms with Gasteiger partial charge in [-0.3, -0.25) is 4.79 Å². The van der Waals surface area contributed by atoms with Crippen LogP contribution in [-0.2, 0) is 4.79 Å². The van der Waals surface area contributed by atoms with Crippen LogP contribution in [0.5, 0.6) is 0 Å². The molecule has 11 heavy (non-hydrogen) atoms. The Morgan fingerprint density at radius 1 is 1.18 bits per heavy atom. The molecule has 0 bridgehead atoms. The Hall–Kier alpha value is -1.11. The molecule has 0 spiro atoms. The van der Waals surface area contributed by atoms with Gasteiger partial charge in [-0.2, -0.15) is 0 Å². The highest BCUT2D eigenvalue weighted by atomic mass is 16.1. The number of hydrogen-bond donors (Lipinski definition) is 0. The number of carbonyl (C=O) groups is 1. The van der Waals surface area contributed by atoms with Gasteiger partial charge in [-0.25, -0.2) is 0 Å². The Bertz CT molecular complexity index is 231. The summed E-state index contributed by atoms with van der Waals surface area (Å²) in [6.45, 7) is 1.98. The lowest BCUT2D eigenvalue weighted by Gasteiger charge is -1.92. The molecule has 0 aliphatic heterocycles. The van der Waals surface area contributed by atoms with E-state index in [4.69, 9.17) is 0 Å². The van der Waals surface area contributed by atoms with Gasteiger partial charge in [-0.15, -0.1) is 0 Å². The molecule has 0 heterocycles. The summed E-state index contributed by atoms with van der Waals surface area (Å²) in [5.41, 5.74) is 1.13. The second-order valence-electron chi connectivity index (χ2n) is 2.72. The SMILES string of the molecule is C/C1=C/C(=O)C/C=C\C=C/C1. The van der Waals surface area contributed by atoms with Crippen molar-refractivity contribution in [3.05, 3.63) is 36.0 Å². The lowest BCUT2D eigenvalue weighted by molar-refractivity contribution is -0.113. The first kappa shape index (κ1) is 7.99. The fraction of sp³-hybridized carbons (Fsp3) is 0.300. The van der Waals surface area contributed by atoms with Gasteiger partial charge >= 0.3 is 0 Å². The summed E-state index contributed by atoms with van der Waals surface area (Å²) >= 11 is 0. The van der Waals surface area contributed by atoms with Gasteiger partial charge < -0.3 is 0 Å². The summed E-state index contributed by atoms with van der Waals surface area (Å²) in [4.78, 5) is 11.0. The summed E-state index contributed by atoms with van der Waals surface area (Å²) in [7, 11) is 0. The summed E-state index contributed by atoms with van der Waals surface area (Å²) < 4.78 is 0. The third kappa shape index (κ3) is 2.99. The molecular weight excluding hydrogens is 136 g/mol. The van der Waals surface area contributed by atoms with E-state index in [1.54, 1.807) is 6.08 Å². The second kappa shape index (κ2) is 3.91. The van der Waals surface area contributed by atoms with Crippen LogP contribution in [0, 0.1) is 0 Å². The number of carbonyl (C=O) groups excluding carboxylic acids is 1. The second-order valence-corrected chi connectivity index (χ2v) is 2.72. The fourth-order valence-electron chi connectivity index (χ4n) is 0.988. The topological polar surface area (TPSA) is 17.1 Å². The first-order valence-electron chi connectivity index (χ1n) is 3.81. The van der Waals surface area contributed by atoms with Crippen LogP contribution in [0.3, 0.4) is 0 Å². The molecule has 0 atom stereocenters. The highest BCUT2D eigenvalue weighted by Gasteiger charge is 1.95. The molecule has 0 saturated carbocycles. The fourth-order valence-corrected chi connectivity index (χ4v) is 0.988. The molecule has 1 aliphatic carbocycles. The van der Waals surface area contributed by atoms with Crippen molar-refractivity contribution in [2.45, 2.75) is 19.8 Å². The third-order valence-electron chi connectivity index (χ3n) is 1.55. The Morgan fingerprint density at radius 2 is 1.82 bits per heavy atom. The predicted octanol–water partition coefficient (Wildman–Crippen LogP) is 2.41. The van der Waals surface area contributed by atoms with E-state index in [0.717, 1.165) is 12.0 Å². The molecule has 0 saturated heterocycles. The highest BCUT2D eigenvalue weighted by molar-refractivity contribution is 5.91. The van der Waals surface area contributed by atoms with E-state index in [2.05, 4.69) is 6.08 Å². The van der Waals surface area contributed by atoms with Crippen molar-refractivity contribution in [3.63, 3.8) is 0 Å². The van der Waals surface area contributed by atoms with Gasteiger partial charge in [-0.1, -0.05) is 29.9 Å². The van der Waals surface area contributed by atoms with E-state index in [0.29, 0.717) is 6.42 Å². The van der Waals surface area contributed by atoms with Gasteiger partial charge in [0.05, 0.1) is 0 Å². The zero-order chi connectivity index (χ0) is 8.10. The Morgan fingerprint density at radius 3 is 2.55 bits per heavy atom. The van der Waals surface area contributed by atoms with Gasteiger partial charge in [0, 0.05) is 6.42 Å². The maximum Gasteiger partial charge on any atom is 0.159 e. The molecule has 58 valence electrons. The van der Waals surface area contributed by atoms with E-state index in [-0.39, 0.29) is 5.78 Å². The monoisotopic (exact) mass is 148 g/mol. The normalized spacial score (nSPS) is 29.2. The maximum absolute atomic E-state index is 11.0. The minimum atomic E-state index is 0.197. The largest absolute Gasteiger partial charge is 0.295 e. The van der Waals surface area contributed by atoms with Gasteiger partial charge in [0.1, 0.15) is 0 Å². The number of rotatable bonds is 0. The highest BCUT2D eigenvalue weighted by Crippen LogP contribution is 2.04. The first-order chi connectivity index (χ1) is 5.29. The van der Waals surface area contributed by atoms with Crippen LogP contribution >= 0.6 is 0 Å². The van der Waals surface area contributed by atoms with E-state index in [1.807, 2.05) is 25.2 Å². The van der Waals surface area contributed by atoms with Crippen LogP contribution in [0.25, 0.3) is 0 Å². The molecule has 1 nitrogen and oxygen atoms in total. The van der Waals surface area contributed by atoms with Crippen molar-refractivity contribution < 1.29 is 4.79 Å². The summed E-state index contributed by atoms with van der Waals surface area (Å²) in [5, 5.41) is 0. The molecule has 0 amide bonds. The summed E-state index contributed by atoms with van der Waals surface area (Å²) in [5.74, 6) is 0.197. The lowest BCUT2D eigenvalue weighted by Crippen LogP contribution is -1.90. The van der Waals surface area contributed by atoms with Crippen molar-refractivity contribution in [2.24, 2.45) is 0 Å². The van der Waals surface area contributed by atoms with Crippen LogP contribution in [0.15, 0.2) is 36.0 Å². The molecule has 0 radical (unpaired) electrons. The third-order valence-corrected chi connectivity index (χ3v) is 1.55. The van der Waals surface area contributed by atoms with Crippen LogP contribution in [0.1, 0.15) is 19.8 Å². The van der Waals surface area contributed by atoms with Crippen molar-refractivity contribution >= 4 is 5.78 Å². The van der Waals surface area contributed by atoms with Crippen molar-refractivity contribution in [1.29, 1.82) is 0 Å². The molecular formula is C10H12O. The van der Waals surface area contributed by atoms with Crippen LogP contribution in [0.2, 0.25) is 0 Å². The average molecular weight is 148 g/mol. The van der Waals surface area contributed by atoms with Gasteiger partial charge in [0.15, 0.2) is 5.78 Å². The zero-order valence-electron chi connectivity index (χ0n) is 6.71. The molecule has 1 aliphatic rings. The summed E-state index contributed by atoms with van der Waals surface area (Å²) in [6.07, 6.45) is 11.0. The van der Waals surface area contributed by atoms with Gasteiger partial charge in [-0.05, 0) is 19.4 Å². The molecule has 0 N–H and O–H groups in total. The predicted molar refractivity (Wildman–Crippen MR) is 46.3 cm³/mol. The standard InChI is InChI=1S/C10H12O/c1-9-6-4-2-3-5-7-10(11)8-9/h2-5,8H,6-7H2,1H3/b4-2-,5-3-,9-8-. The number of ketones is 1. The first-order valence-corrected chi connectivity index (χ1v) is 3.81. The molecule has 0 aromatic rings. The van der Waals surface area contributed by atoms with Gasteiger partial charge in [0.2, 0.25) is 0 Å². The minimum Gasteiger partial charge on any atom is -0.295 e. The van der Waals surface area contributed by atoms with Gasteiger partial charge in [0.25, 0.3) is 0 Å². The zero-order valence-corrected chi connectivity index (χ0v) is 6.71. The molecule has 0 fully saturated rings. The summed E-state index contributed by atoms with van der Waals surface area (Å²) in [6, 6.07) is 0. The smallest absolute Gasteiger partial charge is 0.159 e. The Balaban J connectivity index is 2.73. The molecule has 0 aromatic carbocycles. The van der Waals surface area contributed by atoms with Crippen molar-refractivity contribution in [1.82, 2.24) is 0 Å². The van der Waals surface area contributed by atoms with Crippen molar-refractivity contribution in [3.8, 4) is 0 Å².